The standard InChI is InChI=1S/C30H35N5O4/c1-5-31-30(39)24-11-12-25-20(3)17-35(27(25)14-24)21(4)29(38)33-26-13-22(18-34-16-19(2)15-32-34)9-10-23(26)7-6-8-28(36)37/h9-17,21H,5-8,18H2,1-4H3,(H,31,39)(H,33,38)(H,36,37)/t21-/m1/s1. The lowest BCUT2D eigenvalue weighted by molar-refractivity contribution is -0.137. The number of carbonyl (C=O) groups excluding carboxylic acids is 2. The third-order valence-corrected chi connectivity index (χ3v) is 6.81. The number of hydrogen-bond donors (Lipinski definition) is 3. The molecule has 0 unspecified atom stereocenters. The summed E-state index contributed by atoms with van der Waals surface area (Å²) in [6.45, 7) is 8.74. The molecule has 2 aromatic carbocycles. The molecule has 204 valence electrons. The molecule has 3 N–H and O–H groups in total. The maximum atomic E-state index is 13.6. The minimum atomic E-state index is -0.846. The second kappa shape index (κ2) is 12.0. The van der Waals surface area contributed by atoms with E-state index in [4.69, 9.17) is 5.11 Å². The number of nitrogens with one attached hydrogen (secondary N) is 2. The van der Waals surface area contributed by atoms with Gasteiger partial charge in [0.25, 0.3) is 5.91 Å². The zero-order valence-corrected chi connectivity index (χ0v) is 22.8. The Labute approximate surface area is 227 Å². The molecule has 0 radical (unpaired) electrons. The molecule has 9 heteroatoms. The number of carboxylic acid groups (broad SMARTS) is 1. The van der Waals surface area contributed by atoms with E-state index in [9.17, 15) is 14.4 Å². The van der Waals surface area contributed by atoms with Crippen LogP contribution in [-0.2, 0) is 22.6 Å². The van der Waals surface area contributed by atoms with Crippen LogP contribution < -0.4 is 10.6 Å². The molecule has 0 saturated carbocycles. The molecule has 9 nitrogen and oxygen atoms in total. The normalized spacial score (nSPS) is 11.9. The molecule has 1 atom stereocenters. The van der Waals surface area contributed by atoms with Crippen molar-refractivity contribution in [2.75, 3.05) is 11.9 Å². The molecule has 2 heterocycles. The first-order valence-corrected chi connectivity index (χ1v) is 13.2. The lowest BCUT2D eigenvalue weighted by Crippen LogP contribution is -2.24. The number of aryl methyl sites for hydroxylation is 3. The van der Waals surface area contributed by atoms with Gasteiger partial charge >= 0.3 is 5.97 Å². The number of benzene rings is 2. The second-order valence-corrected chi connectivity index (χ2v) is 9.93. The van der Waals surface area contributed by atoms with Crippen LogP contribution in [0.1, 0.15) is 65.3 Å². The van der Waals surface area contributed by atoms with Gasteiger partial charge in [-0.2, -0.15) is 5.10 Å². The summed E-state index contributed by atoms with van der Waals surface area (Å²) in [4.78, 5) is 37.1. The Kier molecular flexibility index (Phi) is 8.49. The molecule has 0 saturated heterocycles. The maximum Gasteiger partial charge on any atom is 0.303 e. The van der Waals surface area contributed by atoms with Crippen molar-refractivity contribution in [2.24, 2.45) is 0 Å². The minimum Gasteiger partial charge on any atom is -0.481 e. The van der Waals surface area contributed by atoms with Crippen LogP contribution in [0.4, 0.5) is 5.69 Å². The monoisotopic (exact) mass is 529 g/mol. The second-order valence-electron chi connectivity index (χ2n) is 9.93. The van der Waals surface area contributed by atoms with Crippen molar-refractivity contribution < 1.29 is 19.5 Å². The predicted molar refractivity (Wildman–Crippen MR) is 151 cm³/mol. The maximum absolute atomic E-state index is 13.6. The lowest BCUT2D eigenvalue weighted by atomic mass is 10.0. The SMILES string of the molecule is CCNC(=O)c1ccc2c(C)cn([C@H](C)C(=O)Nc3cc(Cn4cc(C)cn4)ccc3CCCC(=O)O)c2c1. The van der Waals surface area contributed by atoms with Crippen molar-refractivity contribution in [3.63, 3.8) is 0 Å². The largest absolute Gasteiger partial charge is 0.481 e. The number of aliphatic carboxylic acids is 1. The number of hydrogen-bond acceptors (Lipinski definition) is 4. The summed E-state index contributed by atoms with van der Waals surface area (Å²) in [6, 6.07) is 10.8. The van der Waals surface area contributed by atoms with Crippen molar-refractivity contribution >= 4 is 34.4 Å². The van der Waals surface area contributed by atoms with Gasteiger partial charge in [-0.25, -0.2) is 0 Å². The third-order valence-electron chi connectivity index (χ3n) is 6.81. The smallest absolute Gasteiger partial charge is 0.303 e. The van der Waals surface area contributed by atoms with E-state index in [-0.39, 0.29) is 18.2 Å². The van der Waals surface area contributed by atoms with E-state index >= 15 is 0 Å². The first-order valence-electron chi connectivity index (χ1n) is 13.2. The van der Waals surface area contributed by atoms with Gasteiger partial charge in [0.2, 0.25) is 5.91 Å². The number of amides is 2. The van der Waals surface area contributed by atoms with E-state index in [1.165, 1.54) is 0 Å². The van der Waals surface area contributed by atoms with Crippen molar-refractivity contribution in [3.8, 4) is 0 Å². The van der Waals surface area contributed by atoms with Crippen LogP contribution in [0.15, 0.2) is 55.0 Å². The molecule has 0 fully saturated rings. The third kappa shape index (κ3) is 6.54. The summed E-state index contributed by atoms with van der Waals surface area (Å²) in [6.07, 6.45) is 6.73. The van der Waals surface area contributed by atoms with E-state index < -0.39 is 12.0 Å². The fourth-order valence-electron chi connectivity index (χ4n) is 4.74. The number of anilines is 1. The molecule has 39 heavy (non-hydrogen) atoms. The molecule has 4 aromatic rings. The zero-order valence-electron chi connectivity index (χ0n) is 22.8. The molecule has 0 aliphatic carbocycles. The first kappa shape index (κ1) is 27.6. The number of carboxylic acids is 1. The van der Waals surface area contributed by atoms with Crippen LogP contribution in [0.5, 0.6) is 0 Å². The average molecular weight is 530 g/mol. The van der Waals surface area contributed by atoms with Gasteiger partial charge in [-0.05, 0) is 81.0 Å². The molecular weight excluding hydrogens is 494 g/mol. The fourth-order valence-corrected chi connectivity index (χ4v) is 4.74. The minimum absolute atomic E-state index is 0.0562. The van der Waals surface area contributed by atoms with Gasteiger partial charge in [-0.3, -0.25) is 19.1 Å². The Hall–Kier alpha value is -4.40. The molecule has 0 spiro atoms. The molecular formula is C30H35N5O4. The molecule has 0 bridgehead atoms. The van der Waals surface area contributed by atoms with Crippen molar-refractivity contribution in [3.05, 3.63) is 82.8 Å². The van der Waals surface area contributed by atoms with Crippen LogP contribution in [0, 0.1) is 13.8 Å². The van der Waals surface area contributed by atoms with Gasteiger partial charge in [-0.15, -0.1) is 0 Å². The van der Waals surface area contributed by atoms with Crippen LogP contribution in [-0.4, -0.2) is 43.8 Å². The number of fused-ring (bicyclic) bond motifs is 1. The van der Waals surface area contributed by atoms with E-state index in [1.807, 2.05) is 79.7 Å². The van der Waals surface area contributed by atoms with Crippen molar-refractivity contribution in [2.45, 2.75) is 59.5 Å². The Morgan fingerprint density at radius 1 is 1.08 bits per heavy atom. The highest BCUT2D eigenvalue weighted by molar-refractivity contribution is 6.00. The molecule has 0 aliphatic rings. The highest BCUT2D eigenvalue weighted by Crippen LogP contribution is 2.27. The summed E-state index contributed by atoms with van der Waals surface area (Å²) < 4.78 is 3.73. The summed E-state index contributed by atoms with van der Waals surface area (Å²) in [5.41, 5.74) is 5.93. The van der Waals surface area contributed by atoms with Gasteiger partial charge in [0.15, 0.2) is 0 Å². The first-order chi connectivity index (χ1) is 18.7. The van der Waals surface area contributed by atoms with Gasteiger partial charge in [0.05, 0.1) is 12.7 Å². The predicted octanol–water partition coefficient (Wildman–Crippen LogP) is 4.86. The van der Waals surface area contributed by atoms with Gasteiger partial charge in [-0.1, -0.05) is 18.2 Å². The van der Waals surface area contributed by atoms with Gasteiger partial charge in [0.1, 0.15) is 6.04 Å². The van der Waals surface area contributed by atoms with Crippen molar-refractivity contribution in [1.29, 1.82) is 0 Å². The van der Waals surface area contributed by atoms with Crippen LogP contribution in [0.3, 0.4) is 0 Å². The van der Waals surface area contributed by atoms with Crippen LogP contribution in [0.25, 0.3) is 10.9 Å². The molecule has 0 aliphatic heterocycles. The Bertz CT molecular complexity index is 1520. The average Bonchev–Trinajstić information content (AvgIpc) is 3.46. The Morgan fingerprint density at radius 2 is 1.87 bits per heavy atom. The van der Waals surface area contributed by atoms with Gasteiger partial charge in [0, 0.05) is 47.5 Å². The van der Waals surface area contributed by atoms with Gasteiger partial charge < -0.3 is 20.3 Å². The van der Waals surface area contributed by atoms with E-state index in [0.717, 1.165) is 33.2 Å². The summed E-state index contributed by atoms with van der Waals surface area (Å²) in [7, 11) is 0. The van der Waals surface area contributed by atoms with Crippen molar-refractivity contribution in [1.82, 2.24) is 19.7 Å². The fraction of sp³-hybridized carbons (Fsp3) is 0.333. The molecule has 4 rings (SSSR count). The van der Waals surface area contributed by atoms with Crippen LogP contribution >= 0.6 is 0 Å². The summed E-state index contributed by atoms with van der Waals surface area (Å²) >= 11 is 0. The molecule has 2 amide bonds. The number of rotatable bonds is 11. The van der Waals surface area contributed by atoms with E-state index in [0.29, 0.717) is 37.2 Å². The van der Waals surface area contributed by atoms with E-state index in [1.54, 1.807) is 12.3 Å². The topological polar surface area (TPSA) is 118 Å². The quantitative estimate of drug-likeness (QED) is 0.256. The number of carbonyl (C=O) groups is 3. The van der Waals surface area contributed by atoms with E-state index in [2.05, 4.69) is 15.7 Å². The highest BCUT2D eigenvalue weighted by Gasteiger charge is 2.20. The lowest BCUT2D eigenvalue weighted by Gasteiger charge is -2.18. The highest BCUT2D eigenvalue weighted by atomic mass is 16.4. The number of nitrogens with zero attached hydrogens (tertiary/aromatic N) is 3. The number of aromatic nitrogens is 3. The Balaban J connectivity index is 1.62. The zero-order chi connectivity index (χ0) is 28.1. The summed E-state index contributed by atoms with van der Waals surface area (Å²) in [5, 5.41) is 20.3. The van der Waals surface area contributed by atoms with Crippen LogP contribution in [0.2, 0.25) is 0 Å². The Morgan fingerprint density at radius 3 is 2.56 bits per heavy atom. The molecule has 2 aromatic heterocycles. The summed E-state index contributed by atoms with van der Waals surface area (Å²) in [5.74, 6) is -1.21.